The van der Waals surface area contributed by atoms with E-state index in [1.807, 2.05) is 0 Å². The lowest BCUT2D eigenvalue weighted by Gasteiger charge is -2.30. The minimum atomic E-state index is -1.01. The summed E-state index contributed by atoms with van der Waals surface area (Å²) in [5.41, 5.74) is -1.06. The second-order valence-electron chi connectivity index (χ2n) is 3.97. The molecule has 84 valence electrons. The quantitative estimate of drug-likeness (QED) is 0.579. The number of nitro benzene ring substituents is 1. The van der Waals surface area contributed by atoms with Crippen LogP contribution >= 0.6 is 0 Å². The zero-order valence-electron chi connectivity index (χ0n) is 8.81. The third kappa shape index (κ3) is 1.48. The lowest BCUT2D eigenvalue weighted by atomic mass is 10.1. The van der Waals surface area contributed by atoms with Crippen molar-refractivity contribution in [3.8, 4) is 5.75 Å². The first-order valence-electron chi connectivity index (χ1n) is 4.70. The second kappa shape index (κ2) is 3.19. The third-order valence-electron chi connectivity index (χ3n) is 2.35. The molecule has 6 nitrogen and oxygen atoms in total. The van der Waals surface area contributed by atoms with E-state index in [9.17, 15) is 14.9 Å². The van der Waals surface area contributed by atoms with E-state index in [0.29, 0.717) is 5.75 Å². The average molecular weight is 222 g/mol. The second-order valence-corrected chi connectivity index (χ2v) is 3.97. The molecule has 1 aliphatic rings. The molecule has 0 aromatic heterocycles. The summed E-state index contributed by atoms with van der Waals surface area (Å²) in [7, 11) is 0. The Morgan fingerprint density at radius 2 is 2.12 bits per heavy atom. The Kier molecular flexibility index (Phi) is 2.08. The third-order valence-corrected chi connectivity index (χ3v) is 2.35. The highest BCUT2D eigenvalue weighted by Gasteiger charge is 2.38. The number of ether oxygens (including phenoxy) is 1. The van der Waals surface area contributed by atoms with Crippen molar-refractivity contribution in [3.63, 3.8) is 0 Å². The summed E-state index contributed by atoms with van der Waals surface area (Å²) in [6.45, 7) is 3.20. The molecule has 0 saturated heterocycles. The number of para-hydroxylation sites is 1. The predicted molar refractivity (Wildman–Crippen MR) is 56.4 cm³/mol. The number of benzene rings is 1. The van der Waals surface area contributed by atoms with Gasteiger partial charge in [-0.05, 0) is 19.9 Å². The lowest BCUT2D eigenvalue weighted by molar-refractivity contribution is -0.384. The number of amides is 1. The summed E-state index contributed by atoms with van der Waals surface area (Å²) >= 11 is 0. The number of nitro groups is 1. The number of anilines is 1. The van der Waals surface area contributed by atoms with Gasteiger partial charge in [0.15, 0.2) is 17.0 Å². The van der Waals surface area contributed by atoms with Crippen LogP contribution < -0.4 is 10.1 Å². The smallest absolute Gasteiger partial charge is 0.296 e. The SMILES string of the molecule is CC1(C)Oc2cccc([N+](=O)[O-])c2NC1=O. The molecule has 0 atom stereocenters. The molecule has 1 N–H and O–H groups in total. The van der Waals surface area contributed by atoms with Gasteiger partial charge in [-0.3, -0.25) is 14.9 Å². The molecule has 1 heterocycles. The number of hydrogen-bond acceptors (Lipinski definition) is 4. The average Bonchev–Trinajstić information content (AvgIpc) is 2.18. The Morgan fingerprint density at radius 3 is 2.75 bits per heavy atom. The molecule has 0 saturated carbocycles. The molecule has 0 unspecified atom stereocenters. The number of carbonyl (C=O) groups excluding carboxylic acids is 1. The number of rotatable bonds is 1. The van der Waals surface area contributed by atoms with Crippen LogP contribution in [0.5, 0.6) is 5.75 Å². The van der Waals surface area contributed by atoms with E-state index in [1.165, 1.54) is 12.1 Å². The van der Waals surface area contributed by atoms with Crippen LogP contribution in [0.4, 0.5) is 11.4 Å². The van der Waals surface area contributed by atoms with Gasteiger partial charge in [-0.2, -0.15) is 0 Å². The van der Waals surface area contributed by atoms with Crippen molar-refractivity contribution >= 4 is 17.3 Å². The first kappa shape index (κ1) is 10.4. The fraction of sp³-hybridized carbons (Fsp3) is 0.300. The van der Waals surface area contributed by atoms with Crippen LogP contribution in [0.3, 0.4) is 0 Å². The highest BCUT2D eigenvalue weighted by Crippen LogP contribution is 2.39. The molecule has 0 spiro atoms. The van der Waals surface area contributed by atoms with E-state index < -0.39 is 16.4 Å². The summed E-state index contributed by atoms with van der Waals surface area (Å²) in [6, 6.07) is 4.43. The number of nitrogens with zero attached hydrogens (tertiary/aromatic N) is 1. The van der Waals surface area contributed by atoms with Gasteiger partial charge in [-0.25, -0.2) is 0 Å². The molecular formula is C10H10N2O4. The molecule has 16 heavy (non-hydrogen) atoms. The Labute approximate surface area is 91.4 Å². The summed E-state index contributed by atoms with van der Waals surface area (Å²) in [6.07, 6.45) is 0. The van der Waals surface area contributed by atoms with Crippen LogP contribution in [0.1, 0.15) is 13.8 Å². The van der Waals surface area contributed by atoms with Gasteiger partial charge in [0.2, 0.25) is 0 Å². The van der Waals surface area contributed by atoms with Crippen LogP contribution in [0, 0.1) is 10.1 Å². The van der Waals surface area contributed by atoms with Gasteiger partial charge < -0.3 is 10.1 Å². The van der Waals surface area contributed by atoms with Gasteiger partial charge in [0.05, 0.1) is 4.92 Å². The number of fused-ring (bicyclic) bond motifs is 1. The van der Waals surface area contributed by atoms with Crippen molar-refractivity contribution in [3.05, 3.63) is 28.3 Å². The minimum absolute atomic E-state index is 0.122. The summed E-state index contributed by atoms with van der Waals surface area (Å²) in [4.78, 5) is 21.8. The molecular weight excluding hydrogens is 212 g/mol. The van der Waals surface area contributed by atoms with E-state index in [-0.39, 0.29) is 11.4 Å². The molecule has 0 aliphatic carbocycles. The number of nitrogens with one attached hydrogen (secondary N) is 1. The molecule has 2 rings (SSSR count). The van der Waals surface area contributed by atoms with E-state index in [1.54, 1.807) is 19.9 Å². The Hall–Kier alpha value is -2.11. The van der Waals surface area contributed by atoms with E-state index in [4.69, 9.17) is 4.74 Å². The summed E-state index contributed by atoms with van der Waals surface area (Å²) in [5, 5.41) is 13.2. The molecule has 0 radical (unpaired) electrons. The van der Waals surface area contributed by atoms with Crippen molar-refractivity contribution < 1.29 is 14.5 Å². The zero-order valence-corrected chi connectivity index (χ0v) is 8.81. The summed E-state index contributed by atoms with van der Waals surface area (Å²) in [5.74, 6) is -0.0758. The molecule has 1 aromatic carbocycles. The maximum atomic E-state index is 11.6. The molecule has 0 fully saturated rings. The van der Waals surface area contributed by atoms with Gasteiger partial charge in [-0.1, -0.05) is 6.07 Å². The van der Waals surface area contributed by atoms with Crippen LogP contribution in [-0.4, -0.2) is 16.4 Å². The normalized spacial score (nSPS) is 17.0. The molecule has 0 bridgehead atoms. The van der Waals surface area contributed by atoms with Crippen LogP contribution in [0.25, 0.3) is 0 Å². The Morgan fingerprint density at radius 1 is 1.44 bits per heavy atom. The van der Waals surface area contributed by atoms with Gasteiger partial charge in [-0.15, -0.1) is 0 Å². The van der Waals surface area contributed by atoms with Crippen LogP contribution in [-0.2, 0) is 4.79 Å². The first-order valence-corrected chi connectivity index (χ1v) is 4.70. The van der Waals surface area contributed by atoms with Crippen molar-refractivity contribution in [1.29, 1.82) is 0 Å². The van der Waals surface area contributed by atoms with E-state index in [0.717, 1.165) is 0 Å². The standard InChI is InChI=1S/C10H10N2O4/c1-10(2)9(13)11-8-6(12(14)15)4-3-5-7(8)16-10/h3-5H,1-2H3,(H,11,13). The topological polar surface area (TPSA) is 81.5 Å². The van der Waals surface area contributed by atoms with Crippen molar-refractivity contribution in [2.75, 3.05) is 5.32 Å². The maximum Gasteiger partial charge on any atom is 0.296 e. The van der Waals surface area contributed by atoms with Gasteiger partial charge in [0.1, 0.15) is 0 Å². The fourth-order valence-corrected chi connectivity index (χ4v) is 1.47. The van der Waals surface area contributed by atoms with E-state index >= 15 is 0 Å². The van der Waals surface area contributed by atoms with Crippen molar-refractivity contribution in [2.24, 2.45) is 0 Å². The van der Waals surface area contributed by atoms with Crippen LogP contribution in [0.2, 0.25) is 0 Å². The van der Waals surface area contributed by atoms with Crippen molar-refractivity contribution in [1.82, 2.24) is 0 Å². The maximum absolute atomic E-state index is 11.6. The van der Waals surface area contributed by atoms with Gasteiger partial charge >= 0.3 is 0 Å². The number of carbonyl (C=O) groups is 1. The minimum Gasteiger partial charge on any atom is -0.476 e. The summed E-state index contributed by atoms with van der Waals surface area (Å²) < 4.78 is 5.41. The van der Waals surface area contributed by atoms with Crippen LogP contribution in [0.15, 0.2) is 18.2 Å². The zero-order chi connectivity index (χ0) is 11.9. The first-order chi connectivity index (χ1) is 7.42. The van der Waals surface area contributed by atoms with Gasteiger partial charge in [0, 0.05) is 6.07 Å². The largest absolute Gasteiger partial charge is 0.476 e. The van der Waals surface area contributed by atoms with Gasteiger partial charge in [0.25, 0.3) is 11.6 Å². The Balaban J connectivity index is 2.55. The highest BCUT2D eigenvalue weighted by atomic mass is 16.6. The lowest BCUT2D eigenvalue weighted by Crippen LogP contribution is -2.45. The Bertz CT molecular complexity index is 482. The molecule has 1 aliphatic heterocycles. The molecule has 6 heteroatoms. The van der Waals surface area contributed by atoms with Crippen molar-refractivity contribution in [2.45, 2.75) is 19.4 Å². The number of hydrogen-bond donors (Lipinski definition) is 1. The molecule has 1 amide bonds. The molecule has 1 aromatic rings. The van der Waals surface area contributed by atoms with E-state index in [2.05, 4.69) is 5.32 Å². The highest BCUT2D eigenvalue weighted by molar-refractivity contribution is 6.02. The fourth-order valence-electron chi connectivity index (χ4n) is 1.47. The predicted octanol–water partition coefficient (Wildman–Crippen LogP) is 1.70. The monoisotopic (exact) mass is 222 g/mol.